The van der Waals surface area contributed by atoms with Crippen LogP contribution in [-0.2, 0) is 0 Å². The molecule has 21 heavy (non-hydrogen) atoms. The number of anilines is 1. The van der Waals surface area contributed by atoms with Gasteiger partial charge in [0.15, 0.2) is 0 Å². The molecule has 2 aromatic rings. The van der Waals surface area contributed by atoms with E-state index in [4.69, 9.17) is 16.3 Å². The highest BCUT2D eigenvalue weighted by Gasteiger charge is 2.06. The summed E-state index contributed by atoms with van der Waals surface area (Å²) in [4.78, 5) is 4.06. The van der Waals surface area contributed by atoms with Gasteiger partial charge < -0.3 is 10.1 Å². The summed E-state index contributed by atoms with van der Waals surface area (Å²) in [5.41, 5.74) is 2.15. The van der Waals surface area contributed by atoms with Crippen molar-refractivity contribution in [3.05, 3.63) is 53.3 Å². The fourth-order valence-corrected chi connectivity index (χ4v) is 2.02. The summed E-state index contributed by atoms with van der Waals surface area (Å²) in [7, 11) is 0. The van der Waals surface area contributed by atoms with E-state index in [0.717, 1.165) is 18.0 Å². The summed E-state index contributed by atoms with van der Waals surface area (Å²) in [5, 5.41) is 3.89. The van der Waals surface area contributed by atoms with Crippen molar-refractivity contribution in [2.24, 2.45) is 5.92 Å². The molecule has 1 aromatic carbocycles. The topological polar surface area (TPSA) is 34.1 Å². The minimum Gasteiger partial charge on any atom is -0.493 e. The van der Waals surface area contributed by atoms with Crippen molar-refractivity contribution in [3.8, 4) is 5.75 Å². The second kappa shape index (κ2) is 7.32. The first-order valence-electron chi connectivity index (χ1n) is 7.15. The Hall–Kier alpha value is -1.74. The molecule has 0 aliphatic carbocycles. The molecule has 2 rings (SSSR count). The van der Waals surface area contributed by atoms with Gasteiger partial charge in [-0.1, -0.05) is 37.6 Å². The van der Waals surface area contributed by atoms with E-state index in [1.807, 2.05) is 18.2 Å². The van der Waals surface area contributed by atoms with E-state index in [-0.39, 0.29) is 6.04 Å². The van der Waals surface area contributed by atoms with E-state index in [9.17, 15) is 0 Å². The van der Waals surface area contributed by atoms with Crippen molar-refractivity contribution < 1.29 is 4.74 Å². The summed E-state index contributed by atoms with van der Waals surface area (Å²) in [6.07, 6.45) is 1.74. The molecular formula is C17H21ClN2O. The van der Waals surface area contributed by atoms with Gasteiger partial charge in [-0.25, -0.2) is 4.98 Å². The normalized spacial score (nSPS) is 12.2. The highest BCUT2D eigenvalue weighted by molar-refractivity contribution is 6.29. The smallest absolute Gasteiger partial charge is 0.129 e. The van der Waals surface area contributed by atoms with Crippen LogP contribution < -0.4 is 10.1 Å². The summed E-state index contributed by atoms with van der Waals surface area (Å²) < 4.78 is 5.69. The lowest BCUT2D eigenvalue weighted by molar-refractivity contribution is 0.271. The van der Waals surface area contributed by atoms with Gasteiger partial charge in [0.05, 0.1) is 18.5 Å². The average Bonchev–Trinajstić information content (AvgIpc) is 2.48. The minimum absolute atomic E-state index is 0.187. The van der Waals surface area contributed by atoms with Gasteiger partial charge >= 0.3 is 0 Å². The van der Waals surface area contributed by atoms with Crippen LogP contribution in [0.2, 0.25) is 5.15 Å². The molecule has 3 nitrogen and oxygen atoms in total. The SMILES string of the molecule is CC(C)COc1ccc(C(C)Nc2ccc(Cl)nc2)cc1. The maximum atomic E-state index is 5.78. The molecule has 1 N–H and O–H groups in total. The van der Waals surface area contributed by atoms with Crippen LogP contribution in [0.1, 0.15) is 32.4 Å². The maximum Gasteiger partial charge on any atom is 0.129 e. The predicted molar refractivity (Wildman–Crippen MR) is 88.1 cm³/mol. The first kappa shape index (κ1) is 15.6. The van der Waals surface area contributed by atoms with Crippen molar-refractivity contribution in [1.82, 2.24) is 4.98 Å². The molecule has 0 saturated heterocycles. The van der Waals surface area contributed by atoms with E-state index in [1.54, 1.807) is 12.3 Å². The molecule has 4 heteroatoms. The Balaban J connectivity index is 1.96. The molecule has 0 bridgehead atoms. The molecular weight excluding hydrogens is 284 g/mol. The van der Waals surface area contributed by atoms with Crippen LogP contribution in [0, 0.1) is 5.92 Å². The van der Waals surface area contributed by atoms with E-state index in [2.05, 4.69) is 43.2 Å². The number of benzene rings is 1. The molecule has 1 unspecified atom stereocenters. The van der Waals surface area contributed by atoms with Gasteiger partial charge in [0.1, 0.15) is 10.9 Å². The van der Waals surface area contributed by atoms with Gasteiger partial charge in [-0.15, -0.1) is 0 Å². The second-order valence-electron chi connectivity index (χ2n) is 5.51. The summed E-state index contributed by atoms with van der Waals surface area (Å²) in [5.74, 6) is 1.44. The number of hydrogen-bond donors (Lipinski definition) is 1. The van der Waals surface area contributed by atoms with Crippen LogP contribution in [0.5, 0.6) is 5.75 Å². The standard InChI is InChI=1S/C17H21ClN2O/c1-12(2)11-21-16-7-4-14(5-8-16)13(3)20-15-6-9-17(18)19-10-15/h4-10,12-13,20H,11H2,1-3H3. The summed E-state index contributed by atoms with van der Waals surface area (Å²) in [6, 6.07) is 12.1. The summed E-state index contributed by atoms with van der Waals surface area (Å²) in [6.45, 7) is 7.13. The molecule has 0 fully saturated rings. The third-order valence-corrected chi connectivity index (χ3v) is 3.30. The van der Waals surface area contributed by atoms with Gasteiger partial charge in [0.2, 0.25) is 0 Å². The minimum atomic E-state index is 0.187. The second-order valence-corrected chi connectivity index (χ2v) is 5.90. The molecule has 0 spiro atoms. The Morgan fingerprint density at radius 1 is 1.10 bits per heavy atom. The Labute approximate surface area is 131 Å². The fraction of sp³-hybridized carbons (Fsp3) is 0.353. The number of nitrogens with one attached hydrogen (secondary N) is 1. The number of halogens is 1. The van der Waals surface area contributed by atoms with Gasteiger partial charge in [-0.2, -0.15) is 0 Å². The number of pyridine rings is 1. The zero-order valence-corrected chi connectivity index (χ0v) is 13.4. The molecule has 1 aromatic heterocycles. The molecule has 0 aliphatic rings. The Kier molecular flexibility index (Phi) is 5.45. The lowest BCUT2D eigenvalue weighted by Gasteiger charge is -2.16. The Morgan fingerprint density at radius 3 is 2.38 bits per heavy atom. The number of aromatic nitrogens is 1. The van der Waals surface area contributed by atoms with Crippen LogP contribution in [0.25, 0.3) is 0 Å². The fourth-order valence-electron chi connectivity index (χ4n) is 1.91. The zero-order chi connectivity index (χ0) is 15.2. The highest BCUT2D eigenvalue weighted by atomic mass is 35.5. The Bertz CT molecular complexity index is 552. The zero-order valence-electron chi connectivity index (χ0n) is 12.6. The van der Waals surface area contributed by atoms with E-state index in [0.29, 0.717) is 11.1 Å². The van der Waals surface area contributed by atoms with Crippen molar-refractivity contribution in [2.75, 3.05) is 11.9 Å². The molecule has 1 heterocycles. The number of rotatable bonds is 6. The van der Waals surface area contributed by atoms with Crippen molar-refractivity contribution in [2.45, 2.75) is 26.8 Å². The van der Waals surface area contributed by atoms with Gasteiger partial charge in [0.25, 0.3) is 0 Å². The van der Waals surface area contributed by atoms with Crippen LogP contribution in [0.3, 0.4) is 0 Å². The molecule has 1 atom stereocenters. The molecule has 0 amide bonds. The van der Waals surface area contributed by atoms with Crippen LogP contribution in [0.15, 0.2) is 42.6 Å². The van der Waals surface area contributed by atoms with Crippen molar-refractivity contribution >= 4 is 17.3 Å². The highest BCUT2D eigenvalue weighted by Crippen LogP contribution is 2.22. The van der Waals surface area contributed by atoms with Crippen molar-refractivity contribution in [3.63, 3.8) is 0 Å². The van der Waals surface area contributed by atoms with E-state index >= 15 is 0 Å². The number of nitrogens with zero attached hydrogens (tertiary/aromatic N) is 1. The molecule has 0 saturated carbocycles. The molecule has 112 valence electrons. The molecule has 0 aliphatic heterocycles. The maximum absolute atomic E-state index is 5.78. The predicted octanol–water partition coefficient (Wildman–Crippen LogP) is 4.94. The Morgan fingerprint density at radius 2 is 1.81 bits per heavy atom. The number of hydrogen-bond acceptors (Lipinski definition) is 3. The quantitative estimate of drug-likeness (QED) is 0.767. The third-order valence-electron chi connectivity index (χ3n) is 3.07. The van der Waals surface area contributed by atoms with E-state index in [1.165, 1.54) is 5.56 Å². The third kappa shape index (κ3) is 4.94. The van der Waals surface area contributed by atoms with Crippen LogP contribution in [-0.4, -0.2) is 11.6 Å². The first-order chi connectivity index (χ1) is 10.0. The van der Waals surface area contributed by atoms with Crippen LogP contribution in [0.4, 0.5) is 5.69 Å². The monoisotopic (exact) mass is 304 g/mol. The van der Waals surface area contributed by atoms with Gasteiger partial charge in [-0.3, -0.25) is 0 Å². The first-order valence-corrected chi connectivity index (χ1v) is 7.53. The molecule has 0 radical (unpaired) electrons. The average molecular weight is 305 g/mol. The number of ether oxygens (including phenoxy) is 1. The van der Waals surface area contributed by atoms with Crippen LogP contribution >= 0.6 is 11.6 Å². The van der Waals surface area contributed by atoms with Gasteiger partial charge in [-0.05, 0) is 42.7 Å². The lowest BCUT2D eigenvalue weighted by atomic mass is 10.1. The van der Waals surface area contributed by atoms with Crippen molar-refractivity contribution in [1.29, 1.82) is 0 Å². The largest absolute Gasteiger partial charge is 0.493 e. The van der Waals surface area contributed by atoms with E-state index < -0.39 is 0 Å². The summed E-state index contributed by atoms with van der Waals surface area (Å²) >= 11 is 5.78. The van der Waals surface area contributed by atoms with Gasteiger partial charge in [0, 0.05) is 6.04 Å². The lowest BCUT2D eigenvalue weighted by Crippen LogP contribution is -2.07.